The molecule has 5 nitrogen and oxygen atoms in total. The summed E-state index contributed by atoms with van der Waals surface area (Å²) in [5.74, 6) is -0.268. The standard InChI is InChI=1S/C18H25N3O2/c1-18(2,3)14-7-5-13(6-8-14)11-23-17(22)16(19-4)9-15-10-20-12-21-15/h5-8,10,12,16,19H,9,11H2,1-4H3,(H,20,21). The van der Waals surface area contributed by atoms with E-state index in [1.54, 1.807) is 19.6 Å². The Balaban J connectivity index is 1.90. The summed E-state index contributed by atoms with van der Waals surface area (Å²) >= 11 is 0. The average Bonchev–Trinajstić information content (AvgIpc) is 3.03. The molecular weight excluding hydrogens is 290 g/mol. The van der Waals surface area contributed by atoms with Crippen molar-refractivity contribution in [3.8, 4) is 0 Å². The molecule has 0 saturated heterocycles. The first-order valence-corrected chi connectivity index (χ1v) is 7.81. The highest BCUT2D eigenvalue weighted by atomic mass is 16.5. The molecule has 0 aliphatic heterocycles. The Morgan fingerprint density at radius 1 is 1.30 bits per heavy atom. The van der Waals surface area contributed by atoms with Crippen molar-refractivity contribution in [2.75, 3.05) is 7.05 Å². The molecule has 2 aromatic rings. The zero-order valence-corrected chi connectivity index (χ0v) is 14.2. The number of benzene rings is 1. The number of rotatable bonds is 6. The summed E-state index contributed by atoms with van der Waals surface area (Å²) < 4.78 is 5.42. The van der Waals surface area contributed by atoms with Gasteiger partial charge < -0.3 is 15.0 Å². The van der Waals surface area contributed by atoms with Crippen LogP contribution in [0.15, 0.2) is 36.8 Å². The largest absolute Gasteiger partial charge is 0.460 e. The van der Waals surface area contributed by atoms with Crippen LogP contribution in [0.2, 0.25) is 0 Å². The van der Waals surface area contributed by atoms with Gasteiger partial charge in [-0.05, 0) is 23.6 Å². The van der Waals surface area contributed by atoms with E-state index in [1.165, 1.54) is 5.56 Å². The van der Waals surface area contributed by atoms with E-state index in [1.807, 2.05) is 12.1 Å². The third-order valence-corrected chi connectivity index (χ3v) is 3.80. The number of likely N-dealkylation sites (N-methyl/N-ethyl adjacent to an activating group) is 1. The van der Waals surface area contributed by atoms with Crippen LogP contribution < -0.4 is 5.32 Å². The minimum Gasteiger partial charge on any atom is -0.460 e. The summed E-state index contributed by atoms with van der Waals surface area (Å²) in [6.45, 7) is 6.81. The molecule has 0 radical (unpaired) electrons. The first-order valence-electron chi connectivity index (χ1n) is 7.81. The lowest BCUT2D eigenvalue weighted by atomic mass is 9.87. The monoisotopic (exact) mass is 315 g/mol. The highest BCUT2D eigenvalue weighted by Crippen LogP contribution is 2.22. The molecule has 0 spiro atoms. The number of carbonyl (C=O) groups is 1. The Bertz CT molecular complexity index is 613. The van der Waals surface area contributed by atoms with Gasteiger partial charge in [0.25, 0.3) is 0 Å². The Morgan fingerprint density at radius 2 is 2.00 bits per heavy atom. The topological polar surface area (TPSA) is 67.0 Å². The SMILES string of the molecule is CNC(Cc1c[nH]cn1)C(=O)OCc1ccc(C(C)(C)C)cc1. The van der Waals surface area contributed by atoms with E-state index in [9.17, 15) is 4.79 Å². The minimum atomic E-state index is -0.396. The van der Waals surface area contributed by atoms with Crippen LogP contribution in [0.5, 0.6) is 0 Å². The van der Waals surface area contributed by atoms with Crippen molar-refractivity contribution >= 4 is 5.97 Å². The highest BCUT2D eigenvalue weighted by molar-refractivity contribution is 5.76. The number of aromatic amines is 1. The normalized spacial score (nSPS) is 12.9. The van der Waals surface area contributed by atoms with Crippen LogP contribution in [0.1, 0.15) is 37.6 Å². The van der Waals surface area contributed by atoms with Crippen LogP contribution in [0.3, 0.4) is 0 Å². The van der Waals surface area contributed by atoms with Gasteiger partial charge in [0.2, 0.25) is 0 Å². The zero-order chi connectivity index (χ0) is 16.9. The lowest BCUT2D eigenvalue weighted by Crippen LogP contribution is -2.37. The molecule has 0 aliphatic rings. The van der Waals surface area contributed by atoms with E-state index in [0.717, 1.165) is 11.3 Å². The van der Waals surface area contributed by atoms with Crippen LogP contribution in [-0.2, 0) is 28.0 Å². The summed E-state index contributed by atoms with van der Waals surface area (Å²) in [4.78, 5) is 19.2. The van der Waals surface area contributed by atoms with E-state index in [-0.39, 0.29) is 18.0 Å². The molecule has 1 heterocycles. The van der Waals surface area contributed by atoms with Crippen LogP contribution in [0.25, 0.3) is 0 Å². The number of imidazole rings is 1. The van der Waals surface area contributed by atoms with Crippen molar-refractivity contribution in [2.24, 2.45) is 0 Å². The van der Waals surface area contributed by atoms with Crippen molar-refractivity contribution in [3.63, 3.8) is 0 Å². The molecule has 0 bridgehead atoms. The summed E-state index contributed by atoms with van der Waals surface area (Å²) in [6, 6.07) is 7.80. The maximum absolute atomic E-state index is 12.2. The number of nitrogens with one attached hydrogen (secondary N) is 2. The van der Waals surface area contributed by atoms with Gasteiger partial charge in [-0.1, -0.05) is 45.0 Å². The first kappa shape index (κ1) is 17.2. The van der Waals surface area contributed by atoms with E-state index >= 15 is 0 Å². The molecule has 124 valence electrons. The van der Waals surface area contributed by atoms with Crippen molar-refractivity contribution in [3.05, 3.63) is 53.6 Å². The van der Waals surface area contributed by atoms with Gasteiger partial charge in [0.05, 0.1) is 12.0 Å². The van der Waals surface area contributed by atoms with Gasteiger partial charge in [0.15, 0.2) is 0 Å². The molecule has 1 unspecified atom stereocenters. The Labute approximate surface area is 137 Å². The first-order chi connectivity index (χ1) is 10.9. The van der Waals surface area contributed by atoms with Crippen molar-refractivity contribution in [1.29, 1.82) is 0 Å². The van der Waals surface area contributed by atoms with Crippen molar-refractivity contribution in [2.45, 2.75) is 45.3 Å². The third kappa shape index (κ3) is 4.93. The average molecular weight is 315 g/mol. The molecule has 0 saturated carbocycles. The van der Waals surface area contributed by atoms with Gasteiger partial charge in [0.1, 0.15) is 12.6 Å². The second-order valence-electron chi connectivity index (χ2n) is 6.66. The predicted molar refractivity (Wildman–Crippen MR) is 90.1 cm³/mol. The number of hydrogen-bond donors (Lipinski definition) is 2. The number of H-pyrrole nitrogens is 1. The number of carbonyl (C=O) groups excluding carboxylic acids is 1. The number of hydrogen-bond acceptors (Lipinski definition) is 4. The maximum atomic E-state index is 12.2. The molecule has 0 aliphatic carbocycles. The van der Waals surface area contributed by atoms with Gasteiger partial charge in [-0.15, -0.1) is 0 Å². The minimum absolute atomic E-state index is 0.121. The van der Waals surface area contributed by atoms with Gasteiger partial charge in [-0.3, -0.25) is 4.79 Å². The Kier molecular flexibility index (Phi) is 5.55. The van der Waals surface area contributed by atoms with E-state index in [0.29, 0.717) is 6.42 Å². The number of ether oxygens (including phenoxy) is 1. The molecule has 2 rings (SSSR count). The fourth-order valence-electron chi connectivity index (χ4n) is 2.27. The summed E-state index contributed by atoms with van der Waals surface area (Å²) in [5, 5.41) is 2.98. The molecule has 2 N–H and O–H groups in total. The fourth-order valence-corrected chi connectivity index (χ4v) is 2.27. The van der Waals surface area contributed by atoms with Crippen LogP contribution in [0, 0.1) is 0 Å². The number of esters is 1. The summed E-state index contributed by atoms with van der Waals surface area (Å²) in [7, 11) is 1.75. The predicted octanol–water partition coefficient (Wildman–Crippen LogP) is 2.58. The van der Waals surface area contributed by atoms with Crippen LogP contribution >= 0.6 is 0 Å². The van der Waals surface area contributed by atoms with Crippen molar-refractivity contribution in [1.82, 2.24) is 15.3 Å². The number of nitrogens with zero attached hydrogens (tertiary/aromatic N) is 1. The molecule has 1 aromatic carbocycles. The fraction of sp³-hybridized carbons (Fsp3) is 0.444. The third-order valence-electron chi connectivity index (χ3n) is 3.80. The summed E-state index contributed by atoms with van der Waals surface area (Å²) in [5.41, 5.74) is 3.20. The Hall–Kier alpha value is -2.14. The summed E-state index contributed by atoms with van der Waals surface area (Å²) in [6.07, 6.45) is 3.88. The quantitative estimate of drug-likeness (QED) is 0.804. The molecule has 0 fully saturated rings. The Morgan fingerprint density at radius 3 is 2.52 bits per heavy atom. The van der Waals surface area contributed by atoms with Crippen molar-refractivity contribution < 1.29 is 9.53 Å². The zero-order valence-electron chi connectivity index (χ0n) is 14.2. The van der Waals surface area contributed by atoms with E-state index in [4.69, 9.17) is 4.74 Å². The maximum Gasteiger partial charge on any atom is 0.323 e. The van der Waals surface area contributed by atoms with E-state index in [2.05, 4.69) is 48.2 Å². The number of aromatic nitrogens is 2. The molecule has 0 amide bonds. The molecule has 1 atom stereocenters. The highest BCUT2D eigenvalue weighted by Gasteiger charge is 2.19. The second kappa shape index (κ2) is 7.42. The van der Waals surface area contributed by atoms with Gasteiger partial charge in [0, 0.05) is 12.6 Å². The lowest BCUT2D eigenvalue weighted by molar-refractivity contribution is -0.147. The van der Waals surface area contributed by atoms with Crippen LogP contribution in [0.4, 0.5) is 0 Å². The molecule has 1 aromatic heterocycles. The van der Waals surface area contributed by atoms with Gasteiger partial charge in [-0.2, -0.15) is 0 Å². The van der Waals surface area contributed by atoms with Crippen LogP contribution in [-0.4, -0.2) is 29.0 Å². The smallest absolute Gasteiger partial charge is 0.323 e. The molecular formula is C18H25N3O2. The van der Waals surface area contributed by atoms with Gasteiger partial charge >= 0.3 is 5.97 Å². The molecule has 23 heavy (non-hydrogen) atoms. The lowest BCUT2D eigenvalue weighted by Gasteiger charge is -2.19. The second-order valence-corrected chi connectivity index (χ2v) is 6.66. The molecule has 5 heteroatoms. The van der Waals surface area contributed by atoms with Gasteiger partial charge in [-0.25, -0.2) is 4.98 Å². The van der Waals surface area contributed by atoms with E-state index < -0.39 is 6.04 Å².